The van der Waals surface area contributed by atoms with Crippen LogP contribution in [0.3, 0.4) is 0 Å². The second kappa shape index (κ2) is 9.75. The van der Waals surface area contributed by atoms with Gasteiger partial charge in [-0.1, -0.05) is 16.8 Å². The van der Waals surface area contributed by atoms with Gasteiger partial charge in [0.1, 0.15) is 18.2 Å². The molecule has 1 heterocycles. The lowest BCUT2D eigenvalue weighted by Gasteiger charge is -2.22. The molecule has 0 radical (unpaired) electrons. The Bertz CT molecular complexity index is 843. The number of ether oxygens (including phenoxy) is 1. The summed E-state index contributed by atoms with van der Waals surface area (Å²) < 4.78 is 31.7. The predicted molar refractivity (Wildman–Crippen MR) is 102 cm³/mol. The number of benzene rings is 2. The first kappa shape index (κ1) is 21.2. The van der Waals surface area contributed by atoms with Crippen LogP contribution in [0.5, 0.6) is 0 Å². The molecule has 0 aliphatic carbocycles. The number of nitrogens with zero attached hydrogens (tertiary/aromatic N) is 5. The van der Waals surface area contributed by atoms with Gasteiger partial charge in [0.05, 0.1) is 20.1 Å². The number of hydrogen-bond donors (Lipinski definition) is 0. The van der Waals surface area contributed by atoms with Gasteiger partial charge >= 0.3 is 6.09 Å². The van der Waals surface area contributed by atoms with E-state index in [2.05, 4.69) is 22.2 Å². The first-order valence-corrected chi connectivity index (χ1v) is 8.41. The number of hydrazone groups is 1. The number of rotatable bonds is 4. The molecule has 148 valence electrons. The molecule has 0 bridgehead atoms. The van der Waals surface area contributed by atoms with E-state index in [9.17, 15) is 13.6 Å². The topological polar surface area (TPSA) is 69.9 Å². The Hall–Kier alpha value is -3.07. The minimum absolute atomic E-state index is 0.0321. The Labute approximate surface area is 165 Å². The second-order valence-corrected chi connectivity index (χ2v) is 6.00. The van der Waals surface area contributed by atoms with Crippen molar-refractivity contribution in [2.75, 3.05) is 25.6 Å². The largest absolute Gasteiger partial charge is 0.447 e. The summed E-state index contributed by atoms with van der Waals surface area (Å²) in [5.74, 6) is -1.39. The van der Waals surface area contributed by atoms with E-state index in [-0.39, 0.29) is 6.61 Å². The van der Waals surface area contributed by atoms with Gasteiger partial charge in [-0.3, -0.25) is 4.90 Å². The molecule has 1 saturated heterocycles. The molecule has 28 heavy (non-hydrogen) atoms. The van der Waals surface area contributed by atoms with Crippen molar-refractivity contribution in [1.29, 1.82) is 0 Å². The second-order valence-electron chi connectivity index (χ2n) is 5.56. The van der Waals surface area contributed by atoms with Crippen molar-refractivity contribution >= 4 is 30.1 Å². The molecule has 2 aromatic carbocycles. The fraction of sp³-hybridized carbons (Fsp3) is 0.222. The maximum absolute atomic E-state index is 13.4. The van der Waals surface area contributed by atoms with Crippen LogP contribution in [0.1, 0.15) is 11.6 Å². The average Bonchev–Trinajstić information content (AvgIpc) is 3.04. The van der Waals surface area contributed by atoms with Gasteiger partial charge in [0.2, 0.25) is 0 Å². The lowest BCUT2D eigenvalue weighted by atomic mass is 10.1. The van der Waals surface area contributed by atoms with Crippen LogP contribution >= 0.6 is 11.6 Å². The lowest BCUT2D eigenvalue weighted by molar-refractivity contribution is 0.179. The van der Waals surface area contributed by atoms with Crippen molar-refractivity contribution in [1.82, 2.24) is 5.12 Å². The molecule has 0 N–H and O–H groups in total. The number of amides is 1. The Kier molecular flexibility index (Phi) is 7.39. The Morgan fingerprint density at radius 2 is 1.82 bits per heavy atom. The zero-order valence-electron chi connectivity index (χ0n) is 15.2. The van der Waals surface area contributed by atoms with Crippen molar-refractivity contribution in [2.24, 2.45) is 15.4 Å². The van der Waals surface area contributed by atoms with E-state index in [0.717, 1.165) is 6.07 Å². The van der Waals surface area contributed by atoms with Crippen LogP contribution in [-0.4, -0.2) is 38.6 Å². The zero-order valence-corrected chi connectivity index (χ0v) is 16.0. The highest BCUT2D eigenvalue weighted by molar-refractivity contribution is 6.30. The highest BCUT2D eigenvalue weighted by atomic mass is 35.5. The average molecular weight is 410 g/mol. The van der Waals surface area contributed by atoms with Crippen LogP contribution in [0.2, 0.25) is 5.02 Å². The molecule has 1 amide bonds. The van der Waals surface area contributed by atoms with Crippen molar-refractivity contribution < 1.29 is 18.3 Å². The maximum atomic E-state index is 13.4. The summed E-state index contributed by atoms with van der Waals surface area (Å²) in [6.45, 7) is 3.23. The van der Waals surface area contributed by atoms with Gasteiger partial charge in [0.15, 0.2) is 0 Å². The van der Waals surface area contributed by atoms with E-state index in [1.807, 2.05) is 0 Å². The van der Waals surface area contributed by atoms with Gasteiger partial charge in [0.25, 0.3) is 0 Å². The van der Waals surface area contributed by atoms with E-state index in [0.29, 0.717) is 16.3 Å². The van der Waals surface area contributed by atoms with E-state index in [1.165, 1.54) is 22.2 Å². The molecule has 2 aromatic rings. The van der Waals surface area contributed by atoms with Crippen molar-refractivity contribution in [3.63, 3.8) is 0 Å². The summed E-state index contributed by atoms with van der Waals surface area (Å²) in [6.07, 6.45) is -0.563. The summed E-state index contributed by atoms with van der Waals surface area (Å²) in [5.41, 5.74) is 0.893. The van der Waals surface area contributed by atoms with Crippen LogP contribution in [0.15, 0.2) is 57.9 Å². The lowest BCUT2D eigenvalue weighted by Crippen LogP contribution is -2.27. The highest BCUT2D eigenvalue weighted by Crippen LogP contribution is 2.34. The quantitative estimate of drug-likeness (QED) is 0.412. The molecule has 0 spiro atoms. The molecule has 1 fully saturated rings. The number of carbonyl (C=O) groups is 1. The fourth-order valence-electron chi connectivity index (χ4n) is 2.48. The summed E-state index contributed by atoms with van der Waals surface area (Å²) in [5, 5.41) is 12.1. The van der Waals surface area contributed by atoms with Crippen LogP contribution in [-0.2, 0) is 4.74 Å². The first-order chi connectivity index (χ1) is 13.3. The number of hydrogen-bond acceptors (Lipinski definition) is 5. The summed E-state index contributed by atoms with van der Waals surface area (Å²) in [7, 11) is 3.22. The van der Waals surface area contributed by atoms with Crippen LogP contribution in [0.25, 0.3) is 0 Å². The summed E-state index contributed by atoms with van der Waals surface area (Å²) in [6, 6.07) is 9.15. The van der Waals surface area contributed by atoms with Crippen LogP contribution in [0, 0.1) is 11.6 Å². The Morgan fingerprint density at radius 1 is 1.21 bits per heavy atom. The van der Waals surface area contributed by atoms with Gasteiger partial charge in [-0.05, 0) is 42.0 Å². The van der Waals surface area contributed by atoms with Crippen molar-refractivity contribution in [2.45, 2.75) is 6.04 Å². The summed E-state index contributed by atoms with van der Waals surface area (Å²) in [4.78, 5) is 13.2. The molecule has 0 saturated carbocycles. The highest BCUT2D eigenvalue weighted by Gasteiger charge is 2.35. The Morgan fingerprint density at radius 3 is 2.32 bits per heavy atom. The van der Waals surface area contributed by atoms with Gasteiger partial charge < -0.3 is 4.74 Å². The maximum Gasteiger partial charge on any atom is 0.415 e. The first-order valence-electron chi connectivity index (χ1n) is 8.03. The van der Waals surface area contributed by atoms with Gasteiger partial charge in [0, 0.05) is 23.5 Å². The van der Waals surface area contributed by atoms with Gasteiger partial charge in [-0.25, -0.2) is 13.6 Å². The Balaban J connectivity index is 0.000000345. The third-order valence-corrected chi connectivity index (χ3v) is 3.92. The summed E-state index contributed by atoms with van der Waals surface area (Å²) >= 11 is 5.82. The molecule has 3 rings (SSSR count). The monoisotopic (exact) mass is 409 g/mol. The van der Waals surface area contributed by atoms with Crippen molar-refractivity contribution in [3.05, 3.63) is 64.7 Å². The number of anilines is 1. The third kappa shape index (κ3) is 5.46. The number of cyclic esters (lactones) is 1. The standard InChI is InChI=1S/C15H10ClF2NO2.C3H8N4/c16-10-1-3-13(4-2-10)19-14(8-21-15(19)20)9-5-11(17)7-12(18)6-9;1-4-6-7(3)5-2/h1-7,14H,8H2;2H2,1,3H3. The van der Waals surface area contributed by atoms with E-state index >= 15 is 0 Å². The van der Waals surface area contributed by atoms with Crippen LogP contribution in [0.4, 0.5) is 19.3 Å². The zero-order chi connectivity index (χ0) is 20.7. The minimum Gasteiger partial charge on any atom is -0.447 e. The molecule has 7 nitrogen and oxygen atoms in total. The van der Waals surface area contributed by atoms with E-state index in [1.54, 1.807) is 38.4 Å². The van der Waals surface area contributed by atoms with E-state index < -0.39 is 23.8 Å². The van der Waals surface area contributed by atoms with Crippen molar-refractivity contribution in [3.8, 4) is 0 Å². The SMILES string of the molecule is C=NN(C)N=NC.O=C1OCC(c2cc(F)cc(F)c2)N1c1ccc(Cl)cc1. The molecular weight excluding hydrogens is 392 g/mol. The molecule has 1 unspecified atom stereocenters. The van der Waals surface area contributed by atoms with E-state index in [4.69, 9.17) is 16.3 Å². The molecule has 0 aromatic heterocycles. The molecule has 1 atom stereocenters. The smallest absolute Gasteiger partial charge is 0.415 e. The molecular formula is C18H18ClF2N5O2. The minimum atomic E-state index is -0.694. The van der Waals surface area contributed by atoms with Gasteiger partial charge in [-0.15, -0.1) is 0 Å². The molecule has 10 heteroatoms. The normalized spacial score (nSPS) is 15.8. The molecule has 1 aliphatic heterocycles. The van der Waals surface area contributed by atoms with Crippen LogP contribution < -0.4 is 4.90 Å². The fourth-order valence-corrected chi connectivity index (χ4v) is 2.61. The number of carbonyl (C=O) groups excluding carboxylic acids is 1. The number of halogens is 3. The van der Waals surface area contributed by atoms with Gasteiger partial charge in [-0.2, -0.15) is 15.3 Å². The predicted octanol–water partition coefficient (Wildman–Crippen LogP) is 4.85. The molecule has 1 aliphatic rings. The third-order valence-electron chi connectivity index (χ3n) is 3.67.